The molecule has 1 fully saturated rings. The molecule has 0 aromatic rings. The molecular weight excluding hydrogens is 424 g/mol. The third-order valence-electron chi connectivity index (χ3n) is 5.36. The Morgan fingerprint density at radius 2 is 1.80 bits per heavy atom. The van der Waals surface area contributed by atoms with Gasteiger partial charge in [-0.15, -0.1) is 0 Å². The number of carbonyl (C=O) groups is 2. The SMILES string of the molecule is CC(=O)SCC1=CC(O)C2C(C(=O)O)=COC(OC3OC(CO)C(O)C(O)C3O)C12. The molecule has 1 saturated heterocycles. The molecule has 0 amide bonds. The van der Waals surface area contributed by atoms with E-state index in [4.69, 9.17) is 14.2 Å². The second-order valence-corrected chi connectivity index (χ2v) is 8.43. The Balaban J connectivity index is 1.85. The van der Waals surface area contributed by atoms with E-state index in [0.717, 1.165) is 18.0 Å². The Morgan fingerprint density at radius 1 is 1.10 bits per heavy atom. The summed E-state index contributed by atoms with van der Waals surface area (Å²) in [4.78, 5) is 23.0. The van der Waals surface area contributed by atoms with Crippen LogP contribution in [0.2, 0.25) is 0 Å². The first-order chi connectivity index (χ1) is 14.1. The zero-order valence-electron chi connectivity index (χ0n) is 15.9. The lowest BCUT2D eigenvalue weighted by Gasteiger charge is -2.43. The fraction of sp³-hybridized carbons (Fsp3) is 0.667. The molecule has 3 rings (SSSR count). The molecule has 9 unspecified atom stereocenters. The number of carbonyl (C=O) groups excluding carboxylic acids is 1. The minimum absolute atomic E-state index is 0.165. The fourth-order valence-corrected chi connectivity index (χ4v) is 4.51. The first-order valence-corrected chi connectivity index (χ1v) is 10.2. The smallest absolute Gasteiger partial charge is 0.335 e. The van der Waals surface area contributed by atoms with Crippen molar-refractivity contribution in [1.29, 1.82) is 0 Å². The molecule has 0 bridgehead atoms. The summed E-state index contributed by atoms with van der Waals surface area (Å²) in [7, 11) is 0. The number of aliphatic hydroxyl groups is 5. The maximum absolute atomic E-state index is 11.6. The molecule has 1 aliphatic carbocycles. The van der Waals surface area contributed by atoms with Crippen LogP contribution in [-0.4, -0.2) is 97.2 Å². The quantitative estimate of drug-likeness (QED) is 0.245. The molecule has 0 radical (unpaired) electrons. The van der Waals surface area contributed by atoms with Crippen molar-refractivity contribution in [2.45, 2.75) is 50.0 Å². The van der Waals surface area contributed by atoms with Gasteiger partial charge in [-0.05, 0) is 0 Å². The lowest BCUT2D eigenvalue weighted by atomic mass is 9.82. The average molecular weight is 448 g/mol. The molecule has 0 aromatic carbocycles. The van der Waals surface area contributed by atoms with Gasteiger partial charge in [0.25, 0.3) is 0 Å². The summed E-state index contributed by atoms with van der Waals surface area (Å²) in [5.74, 6) is -2.86. The molecule has 9 atom stereocenters. The van der Waals surface area contributed by atoms with E-state index in [1.807, 2.05) is 0 Å². The highest BCUT2D eigenvalue weighted by atomic mass is 32.2. The topological polar surface area (TPSA) is 183 Å². The summed E-state index contributed by atoms with van der Waals surface area (Å²) < 4.78 is 16.4. The third-order valence-corrected chi connectivity index (χ3v) is 6.24. The number of carboxylic acids is 1. The van der Waals surface area contributed by atoms with Crippen molar-refractivity contribution in [3.63, 3.8) is 0 Å². The molecule has 12 heteroatoms. The monoisotopic (exact) mass is 448 g/mol. The number of thioether (sulfide) groups is 1. The predicted molar refractivity (Wildman–Crippen MR) is 99.7 cm³/mol. The summed E-state index contributed by atoms with van der Waals surface area (Å²) in [5.41, 5.74) is 0.342. The molecule has 3 aliphatic rings. The predicted octanol–water partition coefficient (Wildman–Crippen LogP) is -2.06. The highest BCUT2D eigenvalue weighted by Gasteiger charge is 2.52. The standard InChI is InChI=1S/C18H24O11S/c1-6(20)30-5-7-2-9(21)12-8(16(25)26)4-27-17(11(7)12)29-18-15(24)14(23)13(22)10(3-19)28-18/h2,4,9-15,17-19,21-24H,3,5H2,1H3,(H,25,26). The van der Waals surface area contributed by atoms with Gasteiger partial charge in [0.2, 0.25) is 6.29 Å². The van der Waals surface area contributed by atoms with Crippen LogP contribution in [-0.2, 0) is 23.8 Å². The fourth-order valence-electron chi connectivity index (χ4n) is 3.85. The van der Waals surface area contributed by atoms with Crippen molar-refractivity contribution in [3.05, 3.63) is 23.5 Å². The van der Waals surface area contributed by atoms with Gasteiger partial charge in [-0.3, -0.25) is 4.79 Å². The first kappa shape index (κ1) is 23.2. The summed E-state index contributed by atoms with van der Waals surface area (Å²) in [6.45, 7) is 0.723. The number of carboxylic acid groups (broad SMARTS) is 1. The van der Waals surface area contributed by atoms with Crippen LogP contribution < -0.4 is 0 Å². The van der Waals surface area contributed by atoms with Gasteiger partial charge >= 0.3 is 5.97 Å². The Morgan fingerprint density at radius 3 is 2.40 bits per heavy atom. The van der Waals surface area contributed by atoms with E-state index in [2.05, 4.69) is 0 Å². The second kappa shape index (κ2) is 9.32. The second-order valence-electron chi connectivity index (χ2n) is 7.28. The van der Waals surface area contributed by atoms with Crippen molar-refractivity contribution < 1.29 is 54.4 Å². The van der Waals surface area contributed by atoms with Gasteiger partial charge in [-0.25, -0.2) is 4.79 Å². The Labute approximate surface area is 175 Å². The van der Waals surface area contributed by atoms with Crippen LogP contribution >= 0.6 is 11.8 Å². The van der Waals surface area contributed by atoms with Crippen LogP contribution in [0.4, 0.5) is 0 Å². The van der Waals surface area contributed by atoms with E-state index in [1.54, 1.807) is 0 Å². The van der Waals surface area contributed by atoms with Gasteiger partial charge in [-0.2, -0.15) is 0 Å². The number of ether oxygens (including phenoxy) is 3. The van der Waals surface area contributed by atoms with Crippen molar-refractivity contribution in [2.24, 2.45) is 11.8 Å². The minimum Gasteiger partial charge on any atom is -0.478 e. The van der Waals surface area contributed by atoms with Gasteiger partial charge in [-0.1, -0.05) is 23.4 Å². The van der Waals surface area contributed by atoms with Gasteiger partial charge < -0.3 is 44.8 Å². The molecule has 6 N–H and O–H groups in total. The van der Waals surface area contributed by atoms with E-state index in [-0.39, 0.29) is 16.4 Å². The maximum Gasteiger partial charge on any atom is 0.335 e. The maximum atomic E-state index is 11.6. The highest BCUT2D eigenvalue weighted by Crippen LogP contribution is 2.45. The van der Waals surface area contributed by atoms with Crippen LogP contribution in [0, 0.1) is 11.8 Å². The van der Waals surface area contributed by atoms with Gasteiger partial charge in [0.15, 0.2) is 11.4 Å². The zero-order chi connectivity index (χ0) is 22.2. The summed E-state index contributed by atoms with van der Waals surface area (Å²) in [5, 5.41) is 59.1. The number of rotatable bonds is 6. The lowest BCUT2D eigenvalue weighted by Crippen LogP contribution is -2.60. The molecular formula is C18H24O11S. The van der Waals surface area contributed by atoms with E-state index in [0.29, 0.717) is 5.57 Å². The molecule has 0 saturated carbocycles. The van der Waals surface area contributed by atoms with Crippen molar-refractivity contribution in [2.75, 3.05) is 12.4 Å². The van der Waals surface area contributed by atoms with Crippen LogP contribution in [0.5, 0.6) is 0 Å². The number of fused-ring (bicyclic) bond motifs is 1. The van der Waals surface area contributed by atoms with Crippen molar-refractivity contribution in [3.8, 4) is 0 Å². The van der Waals surface area contributed by atoms with E-state index in [9.17, 15) is 40.2 Å². The number of aliphatic carboxylic acids is 1. The average Bonchev–Trinajstić information content (AvgIpc) is 3.03. The van der Waals surface area contributed by atoms with E-state index < -0.39 is 67.5 Å². The third kappa shape index (κ3) is 4.41. The normalized spacial score (nSPS) is 40.8. The van der Waals surface area contributed by atoms with Crippen LogP contribution in [0.3, 0.4) is 0 Å². The molecule has 168 valence electrons. The van der Waals surface area contributed by atoms with Crippen LogP contribution in [0.25, 0.3) is 0 Å². The highest BCUT2D eigenvalue weighted by molar-refractivity contribution is 8.13. The Kier molecular flexibility index (Phi) is 7.20. The molecule has 0 spiro atoms. The van der Waals surface area contributed by atoms with Gasteiger partial charge in [0.05, 0.1) is 30.5 Å². The van der Waals surface area contributed by atoms with Crippen LogP contribution in [0.1, 0.15) is 6.92 Å². The first-order valence-electron chi connectivity index (χ1n) is 9.22. The largest absolute Gasteiger partial charge is 0.478 e. The molecule has 11 nitrogen and oxygen atoms in total. The molecule has 0 aromatic heterocycles. The summed E-state index contributed by atoms with van der Waals surface area (Å²) in [6, 6.07) is 0. The minimum atomic E-state index is -1.68. The molecule has 2 heterocycles. The van der Waals surface area contributed by atoms with Crippen molar-refractivity contribution in [1.82, 2.24) is 0 Å². The number of hydrogen-bond donors (Lipinski definition) is 6. The number of hydrogen-bond acceptors (Lipinski definition) is 11. The van der Waals surface area contributed by atoms with Crippen molar-refractivity contribution >= 4 is 22.8 Å². The number of aliphatic hydroxyl groups excluding tert-OH is 5. The van der Waals surface area contributed by atoms with Gasteiger partial charge in [0.1, 0.15) is 24.4 Å². The van der Waals surface area contributed by atoms with Crippen LogP contribution in [0.15, 0.2) is 23.5 Å². The zero-order valence-corrected chi connectivity index (χ0v) is 16.7. The molecule has 30 heavy (non-hydrogen) atoms. The summed E-state index contributed by atoms with van der Waals surface area (Å²) >= 11 is 0.966. The van der Waals surface area contributed by atoms with E-state index >= 15 is 0 Å². The lowest BCUT2D eigenvalue weighted by molar-refractivity contribution is -0.339. The Bertz CT molecular complexity index is 736. The van der Waals surface area contributed by atoms with Gasteiger partial charge in [0, 0.05) is 18.6 Å². The summed E-state index contributed by atoms with van der Waals surface area (Å²) in [6.07, 6.45) is -7.63. The Hall–Kier alpha value is -1.51. The van der Waals surface area contributed by atoms with E-state index in [1.165, 1.54) is 13.0 Å². The molecule has 2 aliphatic heterocycles.